The normalized spacial score (nSPS) is 10.6. The fourth-order valence-electron chi connectivity index (χ4n) is 2.43. The van der Waals surface area contributed by atoms with Crippen molar-refractivity contribution in [1.82, 2.24) is 15.2 Å². The average molecular weight is 279 g/mol. The van der Waals surface area contributed by atoms with Crippen LogP contribution in [0.5, 0.6) is 5.75 Å². The number of nitrogens with zero attached hydrogens (tertiary/aromatic N) is 2. The monoisotopic (exact) mass is 279 g/mol. The predicted molar refractivity (Wildman–Crippen MR) is 83.3 cm³/mol. The Morgan fingerprint density at radius 3 is 2.67 bits per heavy atom. The Bertz CT molecular complexity index is 763. The zero-order chi connectivity index (χ0) is 14.8. The van der Waals surface area contributed by atoms with E-state index >= 15 is 0 Å². The minimum atomic E-state index is 0.861. The lowest BCUT2D eigenvalue weighted by Crippen LogP contribution is -1.90. The highest BCUT2D eigenvalue weighted by Crippen LogP contribution is 2.34. The predicted octanol–water partition coefficient (Wildman–Crippen LogP) is 3.76. The minimum Gasteiger partial charge on any atom is -0.496 e. The van der Waals surface area contributed by atoms with Gasteiger partial charge in [0.05, 0.1) is 12.8 Å². The molecule has 0 atom stereocenters. The Hall–Kier alpha value is -2.62. The van der Waals surface area contributed by atoms with Crippen LogP contribution in [0.1, 0.15) is 11.3 Å². The molecule has 106 valence electrons. The number of aromatic amines is 1. The molecule has 4 heteroatoms. The lowest BCUT2D eigenvalue weighted by Gasteiger charge is -2.08. The van der Waals surface area contributed by atoms with Gasteiger partial charge < -0.3 is 4.74 Å². The number of H-pyrrole nitrogens is 1. The summed E-state index contributed by atoms with van der Waals surface area (Å²) >= 11 is 0. The minimum absolute atomic E-state index is 0.861. The number of methoxy groups -OCH3 is 1. The number of aryl methyl sites for hydroxylation is 2. The number of aromatic nitrogens is 3. The molecule has 0 radical (unpaired) electrons. The topological polar surface area (TPSA) is 50.8 Å². The SMILES string of the molecule is COc1cc(-c2n[nH]c(C)c2-c2ccccn2)ccc1C. The largest absolute Gasteiger partial charge is 0.496 e. The molecule has 2 heterocycles. The van der Waals surface area contributed by atoms with Gasteiger partial charge in [-0.25, -0.2) is 0 Å². The second-order valence-electron chi connectivity index (χ2n) is 4.97. The van der Waals surface area contributed by atoms with Crippen LogP contribution in [0.4, 0.5) is 0 Å². The highest BCUT2D eigenvalue weighted by Gasteiger charge is 2.16. The zero-order valence-corrected chi connectivity index (χ0v) is 12.3. The lowest BCUT2D eigenvalue weighted by atomic mass is 10.0. The van der Waals surface area contributed by atoms with Gasteiger partial charge in [-0.3, -0.25) is 10.1 Å². The summed E-state index contributed by atoms with van der Waals surface area (Å²) in [6.07, 6.45) is 1.79. The maximum atomic E-state index is 5.41. The molecule has 0 amide bonds. The summed E-state index contributed by atoms with van der Waals surface area (Å²) in [5, 5.41) is 7.50. The van der Waals surface area contributed by atoms with E-state index in [1.165, 1.54) is 0 Å². The summed E-state index contributed by atoms with van der Waals surface area (Å²) in [5.41, 5.74) is 5.96. The van der Waals surface area contributed by atoms with Crippen molar-refractivity contribution < 1.29 is 4.74 Å². The molecule has 0 aliphatic carbocycles. The maximum absolute atomic E-state index is 5.41. The number of ether oxygens (including phenoxy) is 1. The molecule has 21 heavy (non-hydrogen) atoms. The summed E-state index contributed by atoms with van der Waals surface area (Å²) in [5.74, 6) is 0.861. The first kappa shape index (κ1) is 13.4. The van der Waals surface area contributed by atoms with Gasteiger partial charge in [0, 0.05) is 23.0 Å². The van der Waals surface area contributed by atoms with E-state index in [-0.39, 0.29) is 0 Å². The first-order chi connectivity index (χ1) is 10.2. The third kappa shape index (κ3) is 2.40. The third-order valence-electron chi connectivity index (χ3n) is 3.55. The fraction of sp³-hybridized carbons (Fsp3) is 0.176. The molecule has 3 rings (SSSR count). The smallest absolute Gasteiger partial charge is 0.122 e. The van der Waals surface area contributed by atoms with Crippen molar-refractivity contribution in [3.8, 4) is 28.3 Å². The van der Waals surface area contributed by atoms with Crippen LogP contribution in [-0.4, -0.2) is 22.3 Å². The van der Waals surface area contributed by atoms with Crippen LogP contribution in [0.25, 0.3) is 22.5 Å². The number of rotatable bonds is 3. The van der Waals surface area contributed by atoms with Crippen LogP contribution in [0.2, 0.25) is 0 Å². The number of nitrogens with one attached hydrogen (secondary N) is 1. The number of hydrogen-bond acceptors (Lipinski definition) is 3. The summed E-state index contributed by atoms with van der Waals surface area (Å²) in [7, 11) is 1.68. The summed E-state index contributed by atoms with van der Waals surface area (Å²) in [4.78, 5) is 4.44. The van der Waals surface area contributed by atoms with Crippen LogP contribution in [0.15, 0.2) is 42.6 Å². The lowest BCUT2D eigenvalue weighted by molar-refractivity contribution is 0.412. The van der Waals surface area contributed by atoms with Gasteiger partial charge in [0.15, 0.2) is 0 Å². The Kier molecular flexibility index (Phi) is 3.44. The van der Waals surface area contributed by atoms with E-state index in [1.54, 1.807) is 13.3 Å². The Balaban J connectivity index is 2.17. The van der Waals surface area contributed by atoms with E-state index in [4.69, 9.17) is 4.74 Å². The van der Waals surface area contributed by atoms with Crippen molar-refractivity contribution in [2.24, 2.45) is 0 Å². The maximum Gasteiger partial charge on any atom is 0.122 e. The van der Waals surface area contributed by atoms with Gasteiger partial charge in [-0.05, 0) is 37.6 Å². The molecule has 0 saturated heterocycles. The van der Waals surface area contributed by atoms with Gasteiger partial charge in [0.25, 0.3) is 0 Å². The molecule has 0 bridgehead atoms. The van der Waals surface area contributed by atoms with Gasteiger partial charge >= 0.3 is 0 Å². The molecule has 2 aromatic heterocycles. The summed E-state index contributed by atoms with van der Waals surface area (Å²) < 4.78 is 5.41. The van der Waals surface area contributed by atoms with E-state index in [9.17, 15) is 0 Å². The van der Waals surface area contributed by atoms with Gasteiger partial charge in [-0.2, -0.15) is 5.10 Å². The zero-order valence-electron chi connectivity index (χ0n) is 12.3. The molecule has 0 fully saturated rings. The van der Waals surface area contributed by atoms with Crippen LogP contribution < -0.4 is 4.74 Å². The Morgan fingerprint density at radius 2 is 1.95 bits per heavy atom. The Morgan fingerprint density at radius 1 is 1.10 bits per heavy atom. The number of benzene rings is 1. The molecular formula is C17H17N3O. The van der Waals surface area contributed by atoms with E-state index in [1.807, 2.05) is 44.2 Å². The highest BCUT2D eigenvalue weighted by molar-refractivity contribution is 5.81. The summed E-state index contributed by atoms with van der Waals surface area (Å²) in [6.45, 7) is 4.03. The van der Waals surface area contributed by atoms with E-state index in [2.05, 4.69) is 21.2 Å². The molecule has 0 unspecified atom stereocenters. The fourth-order valence-corrected chi connectivity index (χ4v) is 2.43. The van der Waals surface area contributed by atoms with Crippen molar-refractivity contribution in [1.29, 1.82) is 0 Å². The number of pyridine rings is 1. The first-order valence-electron chi connectivity index (χ1n) is 6.82. The summed E-state index contributed by atoms with van der Waals surface area (Å²) in [6, 6.07) is 12.0. The van der Waals surface area contributed by atoms with Crippen molar-refractivity contribution in [3.05, 3.63) is 53.9 Å². The second kappa shape index (κ2) is 5.40. The molecule has 0 spiro atoms. The van der Waals surface area contributed by atoms with Crippen molar-refractivity contribution in [2.75, 3.05) is 7.11 Å². The average Bonchev–Trinajstić information content (AvgIpc) is 2.90. The van der Waals surface area contributed by atoms with Crippen molar-refractivity contribution in [2.45, 2.75) is 13.8 Å². The standard InChI is InChI=1S/C17H17N3O/c1-11-7-8-13(10-15(11)21-3)17-16(12(2)19-20-17)14-6-4-5-9-18-14/h4-10H,1-3H3,(H,19,20). The van der Waals surface area contributed by atoms with Crippen LogP contribution in [0, 0.1) is 13.8 Å². The molecule has 3 aromatic rings. The molecule has 0 aliphatic heterocycles. The molecule has 0 aliphatic rings. The molecular weight excluding hydrogens is 262 g/mol. The number of hydrogen-bond donors (Lipinski definition) is 1. The molecule has 0 saturated carbocycles. The molecule has 1 N–H and O–H groups in total. The third-order valence-corrected chi connectivity index (χ3v) is 3.55. The molecule has 4 nitrogen and oxygen atoms in total. The van der Waals surface area contributed by atoms with E-state index < -0.39 is 0 Å². The highest BCUT2D eigenvalue weighted by atomic mass is 16.5. The van der Waals surface area contributed by atoms with Gasteiger partial charge in [0.2, 0.25) is 0 Å². The quantitative estimate of drug-likeness (QED) is 0.794. The van der Waals surface area contributed by atoms with Crippen molar-refractivity contribution in [3.63, 3.8) is 0 Å². The second-order valence-corrected chi connectivity index (χ2v) is 4.97. The Labute approximate surface area is 123 Å². The molecule has 1 aromatic carbocycles. The van der Waals surface area contributed by atoms with Crippen LogP contribution in [-0.2, 0) is 0 Å². The van der Waals surface area contributed by atoms with Gasteiger partial charge in [-0.1, -0.05) is 18.2 Å². The van der Waals surface area contributed by atoms with E-state index in [0.29, 0.717) is 0 Å². The van der Waals surface area contributed by atoms with Gasteiger partial charge in [-0.15, -0.1) is 0 Å². The van der Waals surface area contributed by atoms with Gasteiger partial charge in [0.1, 0.15) is 11.4 Å². The van der Waals surface area contributed by atoms with Crippen molar-refractivity contribution >= 4 is 0 Å². The van der Waals surface area contributed by atoms with E-state index in [0.717, 1.165) is 39.5 Å². The first-order valence-corrected chi connectivity index (χ1v) is 6.82. The van der Waals surface area contributed by atoms with Crippen LogP contribution in [0.3, 0.4) is 0 Å². The van der Waals surface area contributed by atoms with Crippen LogP contribution >= 0.6 is 0 Å².